The Hall–Kier alpha value is -3.44. The predicted molar refractivity (Wildman–Crippen MR) is 330 cm³/mol. The first-order valence-electron chi connectivity index (χ1n) is 27.8. The summed E-state index contributed by atoms with van der Waals surface area (Å²) < 4.78 is 30.5. The summed E-state index contributed by atoms with van der Waals surface area (Å²) >= 11 is 15.3. The highest BCUT2D eigenvalue weighted by atomic mass is 32.2. The molecule has 0 amide bonds. The molecule has 0 radical (unpaired) electrons. The van der Waals surface area contributed by atoms with Crippen LogP contribution in [0.5, 0.6) is 23.0 Å². The number of hydrogen-bond donors (Lipinski definition) is 0. The van der Waals surface area contributed by atoms with Crippen LogP contribution in [0.25, 0.3) is 0 Å². The summed E-state index contributed by atoms with van der Waals surface area (Å²) in [5.41, 5.74) is 13.9. The maximum absolute atomic E-state index is 7.23. The minimum atomic E-state index is -0.132. The molecule has 0 heterocycles. The Balaban J connectivity index is 1.92. The zero-order chi connectivity index (χ0) is 54.8. The molecule has 0 saturated heterocycles. The Labute approximate surface area is 469 Å². The molecule has 74 heavy (non-hydrogen) atoms. The Morgan fingerprint density at radius 1 is 0.378 bits per heavy atom. The Morgan fingerprint density at radius 2 is 0.581 bits per heavy atom. The number of hydrogen-bond acceptors (Lipinski definition) is 8. The Kier molecular flexibility index (Phi) is 22.2. The van der Waals surface area contributed by atoms with Gasteiger partial charge < -0.3 is 28.7 Å². The maximum Gasteiger partial charge on any atom is 0.136 e. The number of ether oxygens (including phenoxy) is 4. The van der Waals surface area contributed by atoms with Crippen LogP contribution in [0, 0.1) is 0 Å². The highest BCUT2D eigenvalue weighted by molar-refractivity contribution is 8.23. The van der Waals surface area contributed by atoms with E-state index in [9.17, 15) is 0 Å². The smallest absolute Gasteiger partial charge is 0.136 e. The van der Waals surface area contributed by atoms with Gasteiger partial charge in [-0.05, 0) is 129 Å². The third kappa shape index (κ3) is 16.3. The first-order valence-corrected chi connectivity index (χ1v) is 30.6. The van der Waals surface area contributed by atoms with Crippen molar-refractivity contribution in [3.05, 3.63) is 115 Å². The molecule has 4 aromatic rings. The Morgan fingerprint density at radius 3 is 0.757 bits per heavy atom. The molecule has 0 atom stereocenters. The second-order valence-electron chi connectivity index (χ2n) is 24.2. The molecule has 1 aliphatic rings. The van der Waals surface area contributed by atoms with Crippen LogP contribution in [0.4, 0.5) is 0 Å². The van der Waals surface area contributed by atoms with Gasteiger partial charge in [-0.25, -0.2) is 0 Å². The van der Waals surface area contributed by atoms with E-state index < -0.39 is 0 Å². The fraction of sp³-hybridized carbons (Fsp3) is 0.594. The van der Waals surface area contributed by atoms with Crippen molar-refractivity contribution in [2.24, 2.45) is 0 Å². The molecule has 4 aromatic carbocycles. The normalized spacial score (nSPS) is 13.1. The van der Waals surface area contributed by atoms with Crippen molar-refractivity contribution in [1.82, 2.24) is 9.80 Å². The van der Waals surface area contributed by atoms with Crippen molar-refractivity contribution in [3.8, 4) is 23.0 Å². The SMILES string of the molecule is CCCOc1c2cc(C(C)(C)C)cc1Cc1cc(C(C)(C)C)cc(c1OCCSC(=S)N(CC)CC)Cc1cc(C(C)(C)C)cc(c1OCCC)Cc1cc(C(C)(C)C)cc(c1OCCSC(=S)N(CC)CC)C2. The average molecular weight is 1080 g/mol. The molecule has 0 unspecified atom stereocenters. The number of nitrogens with zero attached hydrogens (tertiary/aromatic N) is 2. The van der Waals surface area contributed by atoms with E-state index >= 15 is 0 Å². The zero-order valence-corrected chi connectivity index (χ0v) is 52.4. The van der Waals surface area contributed by atoms with Gasteiger partial charge in [0, 0.05) is 63.4 Å². The van der Waals surface area contributed by atoms with E-state index in [1.807, 2.05) is 0 Å². The van der Waals surface area contributed by atoms with Gasteiger partial charge in [0.2, 0.25) is 0 Å². The molecule has 0 fully saturated rings. The van der Waals surface area contributed by atoms with Gasteiger partial charge in [-0.1, -0.05) is 193 Å². The third-order valence-electron chi connectivity index (χ3n) is 14.0. The first-order chi connectivity index (χ1) is 34.8. The molecule has 408 valence electrons. The number of rotatable bonds is 18. The van der Waals surface area contributed by atoms with Gasteiger partial charge in [0.25, 0.3) is 0 Å². The van der Waals surface area contributed by atoms with Gasteiger partial charge in [-0.15, -0.1) is 0 Å². The van der Waals surface area contributed by atoms with Gasteiger partial charge in [-0.3, -0.25) is 0 Å². The summed E-state index contributed by atoms with van der Waals surface area (Å²) in [7, 11) is 0. The molecule has 10 heteroatoms. The van der Waals surface area contributed by atoms with Crippen LogP contribution in [0.1, 0.15) is 204 Å². The minimum absolute atomic E-state index is 0.132. The van der Waals surface area contributed by atoms with Crippen LogP contribution in [-0.4, -0.2) is 82.6 Å². The molecule has 6 nitrogen and oxygen atoms in total. The van der Waals surface area contributed by atoms with Crippen LogP contribution < -0.4 is 18.9 Å². The molecule has 0 aromatic heterocycles. The fourth-order valence-electron chi connectivity index (χ4n) is 9.46. The number of fused-ring (bicyclic) bond motifs is 8. The van der Waals surface area contributed by atoms with E-state index in [1.54, 1.807) is 23.5 Å². The second kappa shape index (κ2) is 26.7. The number of thiocarbonyl (C=S) groups is 2. The summed E-state index contributed by atoms with van der Waals surface area (Å²) in [5.74, 6) is 5.31. The molecule has 0 saturated carbocycles. The van der Waals surface area contributed by atoms with Crippen molar-refractivity contribution in [2.45, 2.75) is 185 Å². The van der Waals surface area contributed by atoms with Gasteiger partial charge in [0.05, 0.1) is 26.4 Å². The molecule has 0 aliphatic heterocycles. The van der Waals surface area contributed by atoms with Gasteiger partial charge in [0.1, 0.15) is 31.6 Å². The lowest BCUT2D eigenvalue weighted by molar-refractivity contribution is 0.309. The highest BCUT2D eigenvalue weighted by Crippen LogP contribution is 2.44. The fourth-order valence-corrected chi connectivity index (χ4v) is 12.0. The molecular weight excluding hydrogens is 989 g/mol. The summed E-state index contributed by atoms with van der Waals surface area (Å²) in [6, 6.07) is 19.4. The van der Waals surface area contributed by atoms with Crippen molar-refractivity contribution in [3.63, 3.8) is 0 Å². The van der Waals surface area contributed by atoms with Crippen LogP contribution in [-0.2, 0) is 47.3 Å². The van der Waals surface area contributed by atoms with Crippen molar-refractivity contribution in [1.29, 1.82) is 0 Å². The van der Waals surface area contributed by atoms with Crippen molar-refractivity contribution < 1.29 is 18.9 Å². The molecule has 5 rings (SSSR count). The molecule has 1 aliphatic carbocycles. The summed E-state index contributed by atoms with van der Waals surface area (Å²) in [6.45, 7) is 46.8. The van der Waals surface area contributed by atoms with Gasteiger partial charge in [0.15, 0.2) is 0 Å². The van der Waals surface area contributed by atoms with Crippen molar-refractivity contribution in [2.75, 3.05) is 64.1 Å². The number of benzene rings is 4. The standard InChI is InChI=1S/C64H94N2O4S4/c1-19-25-67-55-43-31-47-39-53(63(13,14)15)41-49(57(47)69-27-29-73-59(71)65(21-3)22-4)33-45-37-52(62(10,11)12)38-46(56(45)68-26-20-2)34-50-42-54(64(16,17)18)40-48(32-44(55)36-51(35-43)61(7,8)9)58(50)70-28-30-74-60(72)66(23-5)24-6/h35-42H,19-34H2,1-18H3. The lowest BCUT2D eigenvalue weighted by Gasteiger charge is -2.29. The van der Waals surface area contributed by atoms with E-state index in [0.717, 1.165) is 82.2 Å². The Bertz CT molecular complexity index is 2260. The van der Waals surface area contributed by atoms with Crippen LogP contribution in [0.3, 0.4) is 0 Å². The monoisotopic (exact) mass is 1080 g/mol. The minimum Gasteiger partial charge on any atom is -0.493 e. The van der Waals surface area contributed by atoms with E-state index in [-0.39, 0.29) is 21.7 Å². The van der Waals surface area contributed by atoms with E-state index in [2.05, 4.69) is 183 Å². The lowest BCUT2D eigenvalue weighted by Crippen LogP contribution is -2.27. The average Bonchev–Trinajstić information content (AvgIpc) is 3.31. The predicted octanol–water partition coefficient (Wildman–Crippen LogP) is 16.6. The summed E-state index contributed by atoms with van der Waals surface area (Å²) in [5, 5.41) is 0. The van der Waals surface area contributed by atoms with Gasteiger partial charge >= 0.3 is 0 Å². The molecule has 8 bridgehead atoms. The van der Waals surface area contributed by atoms with E-state index in [1.165, 1.54) is 66.8 Å². The number of thioether (sulfide) groups is 2. The second-order valence-corrected chi connectivity index (χ2v) is 27.6. The lowest BCUT2D eigenvalue weighted by atomic mass is 9.79. The topological polar surface area (TPSA) is 43.4 Å². The molecular formula is C64H94N2O4S4. The maximum atomic E-state index is 7.23. The molecule has 0 spiro atoms. The summed E-state index contributed by atoms with van der Waals surface area (Å²) in [6.07, 6.45) is 4.35. The highest BCUT2D eigenvalue weighted by Gasteiger charge is 2.30. The van der Waals surface area contributed by atoms with Crippen molar-refractivity contribution >= 4 is 56.6 Å². The largest absolute Gasteiger partial charge is 0.493 e. The van der Waals surface area contributed by atoms with Crippen LogP contribution in [0.15, 0.2) is 48.5 Å². The third-order valence-corrected chi connectivity index (χ3v) is 17.0. The summed E-state index contributed by atoms with van der Waals surface area (Å²) in [4.78, 5) is 4.50. The van der Waals surface area contributed by atoms with E-state index in [4.69, 9.17) is 43.4 Å². The quantitative estimate of drug-likeness (QED) is 0.0626. The zero-order valence-electron chi connectivity index (χ0n) is 49.1. The van der Waals surface area contributed by atoms with Crippen LogP contribution in [0.2, 0.25) is 0 Å². The van der Waals surface area contributed by atoms with Gasteiger partial charge in [-0.2, -0.15) is 0 Å². The van der Waals surface area contributed by atoms with E-state index in [0.29, 0.717) is 52.1 Å². The van der Waals surface area contributed by atoms with Crippen LogP contribution >= 0.6 is 48.0 Å². The molecule has 0 N–H and O–H groups in total. The first kappa shape index (κ1) is 61.4.